The maximum absolute atomic E-state index is 12.8. The Labute approximate surface area is 190 Å². The molecule has 174 valence electrons. The number of urea groups is 1. The van der Waals surface area contributed by atoms with Gasteiger partial charge in [-0.3, -0.25) is 14.5 Å². The van der Waals surface area contributed by atoms with Crippen molar-refractivity contribution in [2.24, 2.45) is 0 Å². The van der Waals surface area contributed by atoms with Gasteiger partial charge in [0.1, 0.15) is 19.8 Å². The number of ether oxygens (including phenoxy) is 2. The van der Waals surface area contributed by atoms with Crippen LogP contribution in [-0.4, -0.2) is 64.0 Å². The second-order valence-electron chi connectivity index (χ2n) is 7.42. The number of anilines is 2. The van der Waals surface area contributed by atoms with Gasteiger partial charge in [-0.2, -0.15) is 0 Å². The van der Waals surface area contributed by atoms with Crippen molar-refractivity contribution in [3.05, 3.63) is 42.5 Å². The molecule has 2 aromatic rings. The number of rotatable bonds is 6. The van der Waals surface area contributed by atoms with Gasteiger partial charge in [-0.25, -0.2) is 17.9 Å². The molecule has 0 unspecified atom stereocenters. The standard InChI is InChI=1S/C21H22N4O7S/c1-14(26)23-33(29,30)17-5-2-15(3-6-17)22-20(27)13-24-8-9-25(21(24)28)16-4-7-18-19(12-16)32-11-10-31-18/h2-7,12H,8-11,13H2,1H3,(H,22,27)(H,23,26). The lowest BCUT2D eigenvalue weighted by atomic mass is 10.2. The van der Waals surface area contributed by atoms with E-state index in [9.17, 15) is 22.8 Å². The number of sulfonamides is 1. The molecule has 0 saturated carbocycles. The van der Waals surface area contributed by atoms with Crippen molar-refractivity contribution in [1.29, 1.82) is 0 Å². The highest BCUT2D eigenvalue weighted by Crippen LogP contribution is 2.35. The van der Waals surface area contributed by atoms with Crippen LogP contribution in [-0.2, 0) is 19.6 Å². The molecule has 4 amide bonds. The second kappa shape index (κ2) is 8.98. The molecule has 33 heavy (non-hydrogen) atoms. The van der Waals surface area contributed by atoms with Crippen LogP contribution in [0.4, 0.5) is 16.2 Å². The van der Waals surface area contributed by atoms with Crippen molar-refractivity contribution in [3.8, 4) is 11.5 Å². The van der Waals surface area contributed by atoms with Crippen LogP contribution in [0.5, 0.6) is 11.5 Å². The van der Waals surface area contributed by atoms with E-state index in [-0.39, 0.29) is 17.5 Å². The van der Waals surface area contributed by atoms with Crippen LogP contribution in [0.2, 0.25) is 0 Å². The lowest BCUT2D eigenvalue weighted by Gasteiger charge is -2.22. The number of nitrogens with one attached hydrogen (secondary N) is 2. The first kappa shape index (κ1) is 22.4. The van der Waals surface area contributed by atoms with E-state index in [0.29, 0.717) is 49.2 Å². The zero-order valence-electron chi connectivity index (χ0n) is 17.7. The quantitative estimate of drug-likeness (QED) is 0.642. The molecule has 1 fully saturated rings. The van der Waals surface area contributed by atoms with Gasteiger partial charge < -0.3 is 19.7 Å². The molecule has 4 rings (SSSR count). The molecule has 12 heteroatoms. The van der Waals surface area contributed by atoms with Crippen LogP contribution in [0.3, 0.4) is 0 Å². The zero-order chi connectivity index (χ0) is 23.6. The Morgan fingerprint density at radius 3 is 2.39 bits per heavy atom. The number of hydrogen-bond donors (Lipinski definition) is 2. The van der Waals surface area contributed by atoms with E-state index in [4.69, 9.17) is 9.47 Å². The average molecular weight is 474 g/mol. The summed E-state index contributed by atoms with van der Waals surface area (Å²) in [6.45, 7) is 2.64. The summed E-state index contributed by atoms with van der Waals surface area (Å²) < 4.78 is 36.9. The maximum atomic E-state index is 12.8. The molecule has 2 aliphatic heterocycles. The average Bonchev–Trinajstić information content (AvgIpc) is 3.13. The predicted octanol–water partition coefficient (Wildman–Crippen LogP) is 1.16. The highest BCUT2D eigenvalue weighted by Gasteiger charge is 2.31. The van der Waals surface area contributed by atoms with E-state index in [0.717, 1.165) is 6.92 Å². The fourth-order valence-electron chi connectivity index (χ4n) is 3.51. The van der Waals surface area contributed by atoms with Crippen molar-refractivity contribution in [2.75, 3.05) is 43.1 Å². The summed E-state index contributed by atoms with van der Waals surface area (Å²) in [6.07, 6.45) is 0. The molecule has 0 spiro atoms. The lowest BCUT2D eigenvalue weighted by molar-refractivity contribution is -0.117. The van der Waals surface area contributed by atoms with Gasteiger partial charge in [-0.15, -0.1) is 0 Å². The Morgan fingerprint density at radius 1 is 1.00 bits per heavy atom. The van der Waals surface area contributed by atoms with Gasteiger partial charge in [-0.05, 0) is 36.4 Å². The maximum Gasteiger partial charge on any atom is 0.325 e. The van der Waals surface area contributed by atoms with Crippen molar-refractivity contribution < 1.29 is 32.3 Å². The third-order valence-electron chi connectivity index (χ3n) is 4.99. The molecule has 2 aromatic carbocycles. The minimum absolute atomic E-state index is 0.111. The zero-order valence-corrected chi connectivity index (χ0v) is 18.6. The number of carbonyl (C=O) groups is 3. The SMILES string of the molecule is CC(=O)NS(=O)(=O)c1ccc(NC(=O)CN2CCN(c3ccc4c(c3)OCCO4)C2=O)cc1. The number of hydrogen-bond acceptors (Lipinski definition) is 7. The Balaban J connectivity index is 1.35. The van der Waals surface area contributed by atoms with Gasteiger partial charge in [0.15, 0.2) is 11.5 Å². The minimum atomic E-state index is -3.96. The number of carbonyl (C=O) groups excluding carboxylic acids is 3. The first-order valence-electron chi connectivity index (χ1n) is 10.1. The van der Waals surface area contributed by atoms with Gasteiger partial charge in [0.05, 0.1) is 4.90 Å². The van der Waals surface area contributed by atoms with Crippen LogP contribution < -0.4 is 24.4 Å². The van der Waals surface area contributed by atoms with E-state index in [1.165, 1.54) is 29.2 Å². The van der Waals surface area contributed by atoms with Crippen LogP contribution in [0, 0.1) is 0 Å². The van der Waals surface area contributed by atoms with E-state index >= 15 is 0 Å². The van der Waals surface area contributed by atoms with Gasteiger partial charge in [-0.1, -0.05) is 0 Å². The van der Waals surface area contributed by atoms with Crippen molar-refractivity contribution in [3.63, 3.8) is 0 Å². The minimum Gasteiger partial charge on any atom is -0.486 e. The van der Waals surface area contributed by atoms with E-state index in [1.807, 2.05) is 4.72 Å². The monoisotopic (exact) mass is 474 g/mol. The fraction of sp³-hybridized carbons (Fsp3) is 0.286. The molecule has 0 aromatic heterocycles. The predicted molar refractivity (Wildman–Crippen MR) is 118 cm³/mol. The summed E-state index contributed by atoms with van der Waals surface area (Å²) in [6, 6.07) is 10.3. The molecule has 0 bridgehead atoms. The largest absolute Gasteiger partial charge is 0.486 e. The lowest BCUT2D eigenvalue weighted by Crippen LogP contribution is -2.37. The first-order chi connectivity index (χ1) is 15.7. The second-order valence-corrected chi connectivity index (χ2v) is 9.10. The molecular formula is C21H22N4O7S. The number of fused-ring (bicyclic) bond motifs is 1. The van der Waals surface area contributed by atoms with Crippen LogP contribution >= 0.6 is 0 Å². The Bertz CT molecular complexity index is 1200. The normalized spacial score (nSPS) is 15.4. The van der Waals surface area contributed by atoms with E-state index in [2.05, 4.69) is 5.32 Å². The summed E-state index contributed by atoms with van der Waals surface area (Å²) in [7, 11) is -3.96. The van der Waals surface area contributed by atoms with Crippen LogP contribution in [0.15, 0.2) is 47.4 Å². The van der Waals surface area contributed by atoms with Crippen LogP contribution in [0.1, 0.15) is 6.92 Å². The Hall–Kier alpha value is -3.80. The Morgan fingerprint density at radius 2 is 1.70 bits per heavy atom. The molecule has 0 radical (unpaired) electrons. The molecule has 0 atom stereocenters. The number of benzene rings is 2. The highest BCUT2D eigenvalue weighted by molar-refractivity contribution is 7.90. The molecule has 0 aliphatic carbocycles. The van der Waals surface area contributed by atoms with Crippen molar-refractivity contribution in [1.82, 2.24) is 9.62 Å². The van der Waals surface area contributed by atoms with Crippen molar-refractivity contribution >= 4 is 39.2 Å². The smallest absolute Gasteiger partial charge is 0.325 e. The third kappa shape index (κ3) is 5.00. The topological polar surface area (TPSA) is 134 Å². The number of nitrogens with zero attached hydrogens (tertiary/aromatic N) is 2. The van der Waals surface area contributed by atoms with Crippen LogP contribution in [0.25, 0.3) is 0 Å². The van der Waals surface area contributed by atoms with E-state index < -0.39 is 21.8 Å². The summed E-state index contributed by atoms with van der Waals surface area (Å²) in [4.78, 5) is 39.1. The molecular weight excluding hydrogens is 452 g/mol. The van der Waals surface area contributed by atoms with E-state index in [1.54, 1.807) is 23.1 Å². The summed E-state index contributed by atoms with van der Waals surface area (Å²) >= 11 is 0. The molecule has 11 nitrogen and oxygen atoms in total. The highest BCUT2D eigenvalue weighted by atomic mass is 32.2. The molecule has 2 heterocycles. The molecule has 1 saturated heterocycles. The van der Waals surface area contributed by atoms with Crippen molar-refractivity contribution in [2.45, 2.75) is 11.8 Å². The van der Waals surface area contributed by atoms with Gasteiger partial charge in [0.2, 0.25) is 11.8 Å². The Kier molecular flexibility index (Phi) is 6.09. The summed E-state index contributed by atoms with van der Waals surface area (Å²) in [5, 5.41) is 2.63. The summed E-state index contributed by atoms with van der Waals surface area (Å²) in [5.41, 5.74) is 1.01. The van der Waals surface area contributed by atoms with Gasteiger partial charge in [0.25, 0.3) is 10.0 Å². The number of amides is 4. The fourth-order valence-corrected chi connectivity index (χ4v) is 4.50. The molecule has 2 N–H and O–H groups in total. The van der Waals surface area contributed by atoms with Gasteiger partial charge >= 0.3 is 6.03 Å². The third-order valence-corrected chi connectivity index (χ3v) is 6.44. The summed E-state index contributed by atoms with van der Waals surface area (Å²) in [5.74, 6) is 0.0771. The molecule has 2 aliphatic rings. The first-order valence-corrected chi connectivity index (χ1v) is 11.6. The van der Waals surface area contributed by atoms with Gasteiger partial charge in [0, 0.05) is 37.5 Å².